The third-order valence-electron chi connectivity index (χ3n) is 8.40. The number of benzene rings is 2. The topological polar surface area (TPSA) is 95.9 Å². The number of ether oxygens (including phenoxy) is 1. The van der Waals surface area contributed by atoms with Crippen LogP contribution in [0.3, 0.4) is 0 Å². The van der Waals surface area contributed by atoms with Gasteiger partial charge in [-0.1, -0.05) is 62.4 Å². The van der Waals surface area contributed by atoms with Crippen molar-refractivity contribution in [2.45, 2.75) is 51.5 Å². The molecule has 184 valence electrons. The molecule has 4 aliphatic rings. The van der Waals surface area contributed by atoms with E-state index < -0.39 is 23.0 Å². The highest BCUT2D eigenvalue weighted by atomic mass is 16.5. The fourth-order valence-corrected chi connectivity index (χ4v) is 6.32. The predicted octanol–water partition coefficient (Wildman–Crippen LogP) is 4.41. The van der Waals surface area contributed by atoms with E-state index in [2.05, 4.69) is 29.6 Å². The van der Waals surface area contributed by atoms with Crippen molar-refractivity contribution in [3.8, 4) is 11.1 Å². The zero-order valence-corrected chi connectivity index (χ0v) is 20.5. The van der Waals surface area contributed by atoms with Gasteiger partial charge in [-0.2, -0.15) is 0 Å². The van der Waals surface area contributed by atoms with Gasteiger partial charge in [0.25, 0.3) is 0 Å². The first kappa shape index (κ1) is 23.4. The SMILES string of the molecule is CCC(C)(CNC(=O)OCC1c2ccccc2-c2ccccc21)C(=O)N1CC2(C)CC1(C(=O)O)C2. The van der Waals surface area contributed by atoms with Gasteiger partial charge in [-0.05, 0) is 53.9 Å². The molecule has 2 aromatic rings. The fraction of sp³-hybridized carbons (Fsp3) is 0.464. The largest absolute Gasteiger partial charge is 0.479 e. The molecule has 1 saturated carbocycles. The van der Waals surface area contributed by atoms with Crippen LogP contribution in [0.25, 0.3) is 11.1 Å². The van der Waals surface area contributed by atoms with Crippen LogP contribution < -0.4 is 5.32 Å². The van der Waals surface area contributed by atoms with Crippen molar-refractivity contribution in [1.29, 1.82) is 0 Å². The molecule has 3 fully saturated rings. The Morgan fingerprint density at radius 2 is 1.66 bits per heavy atom. The fourth-order valence-electron chi connectivity index (χ4n) is 6.32. The molecular formula is C28H32N2O5. The quantitative estimate of drug-likeness (QED) is 0.617. The van der Waals surface area contributed by atoms with Crippen LogP contribution >= 0.6 is 0 Å². The van der Waals surface area contributed by atoms with Crippen molar-refractivity contribution in [1.82, 2.24) is 10.2 Å². The third kappa shape index (κ3) is 3.60. The molecular weight excluding hydrogens is 444 g/mol. The molecule has 1 atom stereocenters. The first-order valence-electron chi connectivity index (χ1n) is 12.3. The summed E-state index contributed by atoms with van der Waals surface area (Å²) in [6.45, 7) is 6.42. The van der Waals surface area contributed by atoms with E-state index in [1.807, 2.05) is 38.1 Å². The summed E-state index contributed by atoms with van der Waals surface area (Å²) >= 11 is 0. The van der Waals surface area contributed by atoms with Gasteiger partial charge in [-0.25, -0.2) is 9.59 Å². The maximum Gasteiger partial charge on any atom is 0.407 e. The van der Waals surface area contributed by atoms with Crippen LogP contribution in [0.5, 0.6) is 0 Å². The van der Waals surface area contributed by atoms with E-state index in [-0.39, 0.29) is 30.4 Å². The number of nitrogens with one attached hydrogen (secondary N) is 1. The molecule has 2 amide bonds. The number of carbonyl (C=O) groups is 3. The van der Waals surface area contributed by atoms with E-state index in [4.69, 9.17) is 4.74 Å². The molecule has 7 nitrogen and oxygen atoms in total. The Morgan fingerprint density at radius 1 is 1.09 bits per heavy atom. The maximum atomic E-state index is 13.5. The van der Waals surface area contributed by atoms with Gasteiger partial charge in [-0.3, -0.25) is 4.79 Å². The lowest BCUT2D eigenvalue weighted by Crippen LogP contribution is -2.59. The van der Waals surface area contributed by atoms with Crippen LogP contribution in [0, 0.1) is 10.8 Å². The molecule has 2 saturated heterocycles. The summed E-state index contributed by atoms with van der Waals surface area (Å²) in [5, 5.41) is 12.6. The molecule has 6 rings (SSSR count). The highest BCUT2D eigenvalue weighted by Crippen LogP contribution is 2.60. The maximum absolute atomic E-state index is 13.5. The molecule has 35 heavy (non-hydrogen) atoms. The van der Waals surface area contributed by atoms with Gasteiger partial charge < -0.3 is 20.1 Å². The van der Waals surface area contributed by atoms with Crippen molar-refractivity contribution in [2.24, 2.45) is 10.8 Å². The molecule has 0 spiro atoms. The summed E-state index contributed by atoms with van der Waals surface area (Å²) in [5.74, 6) is -1.20. The van der Waals surface area contributed by atoms with Gasteiger partial charge in [0.1, 0.15) is 12.1 Å². The zero-order valence-electron chi connectivity index (χ0n) is 20.5. The standard InChI is InChI=1S/C28H32N2O5/c1-4-27(3,23(31)30-17-26(2)14-28(30,15-26)24(32)33)16-29-25(34)35-13-22-20-11-7-5-9-18(20)19-10-6-8-12-21(19)22/h5-12,22H,4,13-17H2,1-3H3,(H,29,34)(H,32,33). The highest BCUT2D eigenvalue weighted by molar-refractivity contribution is 5.92. The van der Waals surface area contributed by atoms with E-state index in [0.29, 0.717) is 25.8 Å². The Bertz CT molecular complexity index is 1160. The summed E-state index contributed by atoms with van der Waals surface area (Å²) in [4.78, 5) is 39.7. The van der Waals surface area contributed by atoms with E-state index in [1.165, 1.54) is 4.90 Å². The Hall–Kier alpha value is -3.35. The van der Waals surface area contributed by atoms with Crippen LogP contribution in [0.4, 0.5) is 4.79 Å². The van der Waals surface area contributed by atoms with Crippen molar-refractivity contribution < 1.29 is 24.2 Å². The van der Waals surface area contributed by atoms with Gasteiger partial charge in [0.15, 0.2) is 0 Å². The minimum atomic E-state index is -1.11. The molecule has 2 aromatic carbocycles. The summed E-state index contributed by atoms with van der Waals surface area (Å²) in [7, 11) is 0. The first-order valence-corrected chi connectivity index (χ1v) is 12.3. The van der Waals surface area contributed by atoms with E-state index in [0.717, 1.165) is 22.3 Å². The third-order valence-corrected chi connectivity index (χ3v) is 8.40. The Morgan fingerprint density at radius 3 is 2.20 bits per heavy atom. The predicted molar refractivity (Wildman–Crippen MR) is 131 cm³/mol. The van der Waals surface area contributed by atoms with Crippen molar-refractivity contribution in [3.63, 3.8) is 0 Å². The number of alkyl carbamates (subject to hydrolysis) is 1. The molecule has 7 heteroatoms. The van der Waals surface area contributed by atoms with Gasteiger partial charge >= 0.3 is 12.1 Å². The van der Waals surface area contributed by atoms with Crippen molar-refractivity contribution >= 4 is 18.0 Å². The second kappa shape index (κ2) is 8.11. The smallest absolute Gasteiger partial charge is 0.407 e. The molecule has 0 radical (unpaired) electrons. The Labute approximate surface area is 205 Å². The summed E-state index contributed by atoms with van der Waals surface area (Å²) in [6, 6.07) is 16.3. The number of fused-ring (bicyclic) bond motifs is 4. The first-order chi connectivity index (χ1) is 16.6. The van der Waals surface area contributed by atoms with Crippen LogP contribution in [0.1, 0.15) is 57.1 Å². The van der Waals surface area contributed by atoms with Crippen LogP contribution in [-0.4, -0.2) is 53.2 Å². The summed E-state index contributed by atoms with van der Waals surface area (Å²) < 4.78 is 5.62. The molecule has 2 heterocycles. The number of amides is 2. The number of carboxylic acid groups (broad SMARTS) is 1. The normalized spacial score (nSPS) is 25.7. The average Bonchev–Trinajstić information content (AvgIpc) is 3.44. The van der Waals surface area contributed by atoms with Gasteiger partial charge in [0.05, 0.1) is 5.41 Å². The average molecular weight is 477 g/mol. The van der Waals surface area contributed by atoms with E-state index in [1.54, 1.807) is 6.92 Å². The lowest BCUT2D eigenvalue weighted by Gasteiger charge is -2.44. The summed E-state index contributed by atoms with van der Waals surface area (Å²) in [5.41, 5.74) is 2.43. The van der Waals surface area contributed by atoms with Crippen molar-refractivity contribution in [3.05, 3.63) is 59.7 Å². The van der Waals surface area contributed by atoms with Gasteiger partial charge in [0, 0.05) is 19.0 Å². The number of nitrogens with zero attached hydrogens (tertiary/aromatic N) is 1. The highest BCUT2D eigenvalue weighted by Gasteiger charge is 2.69. The monoisotopic (exact) mass is 476 g/mol. The van der Waals surface area contributed by atoms with Crippen LogP contribution in [0.2, 0.25) is 0 Å². The second-order valence-electron chi connectivity index (χ2n) is 11.0. The Balaban J connectivity index is 1.23. The van der Waals surface area contributed by atoms with Gasteiger partial charge in [0.2, 0.25) is 5.91 Å². The molecule has 0 aromatic heterocycles. The van der Waals surface area contributed by atoms with Crippen LogP contribution in [-0.2, 0) is 14.3 Å². The molecule has 2 aliphatic heterocycles. The number of aliphatic carboxylic acids is 1. The minimum Gasteiger partial charge on any atom is -0.479 e. The van der Waals surface area contributed by atoms with Crippen LogP contribution in [0.15, 0.2) is 48.5 Å². The molecule has 2 aliphatic carbocycles. The number of rotatable bonds is 7. The number of carboxylic acids is 1. The number of hydrogen-bond donors (Lipinski definition) is 2. The Kier molecular flexibility index (Phi) is 5.42. The van der Waals surface area contributed by atoms with Gasteiger partial charge in [-0.15, -0.1) is 0 Å². The van der Waals surface area contributed by atoms with E-state index in [9.17, 15) is 19.5 Å². The second-order valence-corrected chi connectivity index (χ2v) is 11.0. The minimum absolute atomic E-state index is 0.0418. The molecule has 1 unspecified atom stereocenters. The lowest BCUT2D eigenvalue weighted by molar-refractivity contribution is -0.163. The number of carbonyl (C=O) groups excluding carboxylic acids is 2. The molecule has 2 bridgehead atoms. The van der Waals surface area contributed by atoms with E-state index >= 15 is 0 Å². The lowest BCUT2D eigenvalue weighted by atomic mass is 9.63. The molecule has 2 N–H and O–H groups in total. The zero-order chi connectivity index (χ0) is 25.0. The summed E-state index contributed by atoms with van der Waals surface area (Å²) in [6.07, 6.45) is 0.865. The number of hydrogen-bond acceptors (Lipinski definition) is 4. The van der Waals surface area contributed by atoms with Crippen molar-refractivity contribution in [2.75, 3.05) is 19.7 Å².